The van der Waals surface area contributed by atoms with Gasteiger partial charge in [-0.05, 0) is 17.7 Å². The van der Waals surface area contributed by atoms with E-state index in [-0.39, 0.29) is 17.4 Å². The number of benzene rings is 1. The molecule has 0 spiro atoms. The van der Waals surface area contributed by atoms with E-state index in [1.165, 1.54) is 18.3 Å². The molecule has 6 heteroatoms. The first-order valence-corrected chi connectivity index (χ1v) is 7.53. The predicted molar refractivity (Wildman–Crippen MR) is 86.7 cm³/mol. The Morgan fingerprint density at radius 2 is 2.17 bits per heavy atom. The number of carbonyl (C=O) groups excluding carboxylic acids is 1. The van der Waals surface area contributed by atoms with Gasteiger partial charge in [0.15, 0.2) is 5.43 Å². The fraction of sp³-hybridized carbons (Fsp3) is 0.294. The number of pyridine rings is 1. The van der Waals surface area contributed by atoms with Gasteiger partial charge >= 0.3 is 0 Å². The molecule has 1 aromatic carbocycles. The van der Waals surface area contributed by atoms with Crippen LogP contribution >= 0.6 is 0 Å². The Balaban J connectivity index is 1.77. The van der Waals surface area contributed by atoms with Crippen LogP contribution in [0, 0.1) is 0 Å². The SMILES string of the molecule is COc1cccc(C2CN(C(=O)c3cc(=O)cc[nH]3)CCN2)c1. The summed E-state index contributed by atoms with van der Waals surface area (Å²) < 4.78 is 5.25. The van der Waals surface area contributed by atoms with Crippen LogP contribution < -0.4 is 15.5 Å². The molecule has 1 aromatic heterocycles. The molecule has 1 aliphatic heterocycles. The summed E-state index contributed by atoms with van der Waals surface area (Å²) in [5, 5.41) is 3.41. The Labute approximate surface area is 134 Å². The highest BCUT2D eigenvalue weighted by Gasteiger charge is 2.25. The van der Waals surface area contributed by atoms with Gasteiger partial charge in [-0.15, -0.1) is 0 Å². The summed E-state index contributed by atoms with van der Waals surface area (Å²) in [5.41, 5.74) is 1.22. The summed E-state index contributed by atoms with van der Waals surface area (Å²) in [6.45, 7) is 1.85. The second-order valence-electron chi connectivity index (χ2n) is 5.47. The number of carbonyl (C=O) groups is 1. The normalized spacial score (nSPS) is 17.8. The molecule has 1 atom stereocenters. The molecule has 2 aromatic rings. The average molecular weight is 313 g/mol. The lowest BCUT2D eigenvalue weighted by Gasteiger charge is -2.34. The van der Waals surface area contributed by atoms with E-state index in [0.29, 0.717) is 25.3 Å². The fourth-order valence-corrected chi connectivity index (χ4v) is 2.76. The molecule has 0 bridgehead atoms. The lowest BCUT2D eigenvalue weighted by molar-refractivity contribution is 0.0697. The minimum absolute atomic E-state index is 0.0400. The van der Waals surface area contributed by atoms with Crippen molar-refractivity contribution in [2.45, 2.75) is 6.04 Å². The highest BCUT2D eigenvalue weighted by atomic mass is 16.5. The maximum Gasteiger partial charge on any atom is 0.270 e. The van der Waals surface area contributed by atoms with Gasteiger partial charge < -0.3 is 19.9 Å². The summed E-state index contributed by atoms with van der Waals surface area (Å²) in [7, 11) is 1.63. The van der Waals surface area contributed by atoms with Crippen molar-refractivity contribution in [3.8, 4) is 5.75 Å². The van der Waals surface area contributed by atoms with Gasteiger partial charge in [0, 0.05) is 38.0 Å². The molecule has 1 aliphatic rings. The Bertz CT molecular complexity index is 756. The van der Waals surface area contributed by atoms with Crippen molar-refractivity contribution in [2.75, 3.05) is 26.7 Å². The Kier molecular flexibility index (Phi) is 4.43. The van der Waals surface area contributed by atoms with Crippen LogP contribution in [0.3, 0.4) is 0 Å². The Hall–Kier alpha value is -2.60. The van der Waals surface area contributed by atoms with E-state index in [4.69, 9.17) is 4.74 Å². The number of aromatic amines is 1. The second kappa shape index (κ2) is 6.66. The highest BCUT2D eigenvalue weighted by Crippen LogP contribution is 2.22. The fourth-order valence-electron chi connectivity index (χ4n) is 2.76. The molecule has 1 fully saturated rings. The summed E-state index contributed by atoms with van der Waals surface area (Å²) in [5.74, 6) is 0.636. The zero-order chi connectivity index (χ0) is 16.2. The first-order valence-electron chi connectivity index (χ1n) is 7.53. The predicted octanol–water partition coefficient (Wildman–Crippen LogP) is 1.17. The van der Waals surface area contributed by atoms with Crippen molar-refractivity contribution in [3.63, 3.8) is 0 Å². The van der Waals surface area contributed by atoms with Gasteiger partial charge in [-0.25, -0.2) is 0 Å². The van der Waals surface area contributed by atoms with Crippen molar-refractivity contribution in [3.05, 3.63) is 64.1 Å². The van der Waals surface area contributed by atoms with Gasteiger partial charge in [0.05, 0.1) is 13.2 Å². The number of nitrogens with zero attached hydrogens (tertiary/aromatic N) is 1. The lowest BCUT2D eigenvalue weighted by atomic mass is 10.0. The molecule has 2 N–H and O–H groups in total. The van der Waals surface area contributed by atoms with Crippen LogP contribution in [0.25, 0.3) is 0 Å². The summed E-state index contributed by atoms with van der Waals surface area (Å²) in [6, 6.07) is 10.6. The van der Waals surface area contributed by atoms with Crippen LogP contribution in [-0.4, -0.2) is 42.5 Å². The molecule has 0 aliphatic carbocycles. The maximum atomic E-state index is 12.6. The number of piperazine rings is 1. The minimum atomic E-state index is -0.174. The topological polar surface area (TPSA) is 74.4 Å². The van der Waals surface area contributed by atoms with Crippen LogP contribution in [0.4, 0.5) is 0 Å². The number of aromatic nitrogens is 1. The van der Waals surface area contributed by atoms with E-state index < -0.39 is 0 Å². The molecule has 1 amide bonds. The van der Waals surface area contributed by atoms with Gasteiger partial charge in [-0.1, -0.05) is 12.1 Å². The number of hydrogen-bond donors (Lipinski definition) is 2. The molecular formula is C17H19N3O3. The number of ether oxygens (including phenoxy) is 1. The molecule has 0 saturated carbocycles. The summed E-state index contributed by atoms with van der Waals surface area (Å²) in [4.78, 5) is 28.6. The van der Waals surface area contributed by atoms with Crippen LogP contribution in [0.2, 0.25) is 0 Å². The molecule has 0 radical (unpaired) electrons. The van der Waals surface area contributed by atoms with Crippen molar-refractivity contribution < 1.29 is 9.53 Å². The van der Waals surface area contributed by atoms with Gasteiger partial charge in [0.25, 0.3) is 5.91 Å². The monoisotopic (exact) mass is 313 g/mol. The third kappa shape index (κ3) is 3.43. The average Bonchev–Trinajstić information content (AvgIpc) is 2.61. The Morgan fingerprint density at radius 3 is 2.96 bits per heavy atom. The van der Waals surface area contributed by atoms with E-state index in [1.807, 2.05) is 24.3 Å². The van der Waals surface area contributed by atoms with Gasteiger partial charge in [0.2, 0.25) is 0 Å². The first kappa shape index (κ1) is 15.3. The maximum absolute atomic E-state index is 12.6. The molecule has 1 saturated heterocycles. The van der Waals surface area contributed by atoms with Gasteiger partial charge in [-0.2, -0.15) is 0 Å². The van der Waals surface area contributed by atoms with Crippen molar-refractivity contribution in [1.29, 1.82) is 0 Å². The molecule has 120 valence electrons. The molecular weight excluding hydrogens is 294 g/mol. The van der Waals surface area contributed by atoms with Crippen molar-refractivity contribution in [2.24, 2.45) is 0 Å². The number of methoxy groups -OCH3 is 1. The van der Waals surface area contributed by atoms with Crippen LogP contribution in [0.1, 0.15) is 22.1 Å². The number of H-pyrrole nitrogens is 1. The van der Waals surface area contributed by atoms with Crippen LogP contribution in [-0.2, 0) is 0 Å². The highest BCUT2D eigenvalue weighted by molar-refractivity contribution is 5.92. The summed E-state index contributed by atoms with van der Waals surface area (Å²) in [6.07, 6.45) is 1.50. The quantitative estimate of drug-likeness (QED) is 0.892. The number of rotatable bonds is 3. The molecule has 3 rings (SSSR count). The smallest absolute Gasteiger partial charge is 0.270 e. The zero-order valence-corrected chi connectivity index (χ0v) is 12.9. The van der Waals surface area contributed by atoms with Crippen molar-refractivity contribution >= 4 is 5.91 Å². The number of amides is 1. The van der Waals surface area contributed by atoms with Gasteiger partial charge in [-0.3, -0.25) is 9.59 Å². The summed E-state index contributed by atoms with van der Waals surface area (Å²) >= 11 is 0. The van der Waals surface area contributed by atoms with E-state index in [2.05, 4.69) is 10.3 Å². The van der Waals surface area contributed by atoms with Crippen molar-refractivity contribution in [1.82, 2.24) is 15.2 Å². The molecule has 1 unspecified atom stereocenters. The first-order chi connectivity index (χ1) is 11.2. The number of hydrogen-bond acceptors (Lipinski definition) is 4. The second-order valence-corrected chi connectivity index (χ2v) is 5.47. The Morgan fingerprint density at radius 1 is 1.30 bits per heavy atom. The zero-order valence-electron chi connectivity index (χ0n) is 12.9. The minimum Gasteiger partial charge on any atom is -0.497 e. The largest absolute Gasteiger partial charge is 0.497 e. The molecule has 6 nitrogen and oxygen atoms in total. The standard InChI is InChI=1S/C17H19N3O3/c1-23-14-4-2-3-12(9-14)16-11-20(8-7-19-16)17(22)15-10-13(21)5-6-18-15/h2-6,9-10,16,19H,7-8,11H2,1H3,(H,18,21). The van der Waals surface area contributed by atoms with E-state index in [1.54, 1.807) is 12.0 Å². The third-order valence-corrected chi connectivity index (χ3v) is 3.96. The van der Waals surface area contributed by atoms with Crippen LogP contribution in [0.5, 0.6) is 5.75 Å². The number of nitrogens with one attached hydrogen (secondary N) is 2. The van der Waals surface area contributed by atoms with Crippen LogP contribution in [0.15, 0.2) is 47.4 Å². The van der Waals surface area contributed by atoms with Gasteiger partial charge in [0.1, 0.15) is 11.4 Å². The lowest BCUT2D eigenvalue weighted by Crippen LogP contribution is -2.48. The third-order valence-electron chi connectivity index (χ3n) is 3.96. The van der Waals surface area contributed by atoms with E-state index >= 15 is 0 Å². The van der Waals surface area contributed by atoms with E-state index in [9.17, 15) is 9.59 Å². The molecule has 2 heterocycles. The van der Waals surface area contributed by atoms with E-state index in [0.717, 1.165) is 11.3 Å². The molecule has 23 heavy (non-hydrogen) atoms.